The van der Waals surface area contributed by atoms with Crippen LogP contribution in [0.15, 0.2) is 48.6 Å². The number of ether oxygens (including phenoxy) is 2. The van der Waals surface area contributed by atoms with Crippen molar-refractivity contribution in [2.45, 2.75) is 236 Å². The number of phosphoric ester groups is 2. The summed E-state index contributed by atoms with van der Waals surface area (Å²) in [5.74, 6) is -1.28. The Morgan fingerprint density at radius 1 is 0.529 bits per heavy atom. The van der Waals surface area contributed by atoms with E-state index in [-0.39, 0.29) is 18.9 Å². The van der Waals surface area contributed by atoms with Crippen molar-refractivity contribution in [3.8, 4) is 0 Å². The molecule has 68 heavy (non-hydrogen) atoms. The second kappa shape index (κ2) is 39.5. The molecule has 0 aliphatic heterocycles. The molecule has 1 fully saturated rings. The number of carbonyl (C=O) groups is 2. The van der Waals surface area contributed by atoms with Gasteiger partial charge in [0.2, 0.25) is 0 Å². The number of hydrogen-bond donors (Lipinski definition) is 8. The van der Waals surface area contributed by atoms with Crippen LogP contribution < -0.4 is 0 Å². The van der Waals surface area contributed by atoms with E-state index in [4.69, 9.17) is 18.5 Å². The van der Waals surface area contributed by atoms with Crippen molar-refractivity contribution < 1.29 is 82.0 Å². The van der Waals surface area contributed by atoms with Crippen LogP contribution >= 0.6 is 15.6 Å². The van der Waals surface area contributed by atoms with Crippen LogP contribution in [0.5, 0.6) is 0 Å². The molecule has 1 rings (SSSR count). The highest BCUT2D eigenvalue weighted by Gasteiger charge is 2.54. The summed E-state index contributed by atoms with van der Waals surface area (Å²) in [6.07, 6.45) is 27.2. The highest BCUT2D eigenvalue weighted by molar-refractivity contribution is 7.47. The third kappa shape index (κ3) is 33.5. The summed E-state index contributed by atoms with van der Waals surface area (Å²) in [6, 6.07) is 0. The van der Waals surface area contributed by atoms with Crippen LogP contribution in [0.3, 0.4) is 0 Å². The number of esters is 2. The SMILES string of the molecule is CCCCCCCCCCCCCCCCCCCC(=O)O[C@H](COC(=O)CCC/C=C\C/C=C\C/C=C\C/C=C\CC[C@@H](O)CC)COP(=O)(O)O[C@H]1C(O)C(O)C(O)[C@@H](OP(=O)(O)O)C1O. The van der Waals surface area contributed by atoms with E-state index in [9.17, 15) is 58.9 Å². The summed E-state index contributed by atoms with van der Waals surface area (Å²) in [6.45, 7) is 2.80. The van der Waals surface area contributed by atoms with Crippen molar-refractivity contribution in [2.24, 2.45) is 0 Å². The molecule has 0 amide bonds. The van der Waals surface area contributed by atoms with E-state index >= 15 is 0 Å². The Kier molecular flexibility index (Phi) is 37.2. The minimum Gasteiger partial charge on any atom is -0.462 e. The van der Waals surface area contributed by atoms with Gasteiger partial charge >= 0.3 is 27.6 Å². The Hall–Kier alpha value is -2.08. The first kappa shape index (κ1) is 63.9. The van der Waals surface area contributed by atoms with Gasteiger partial charge in [-0.1, -0.05) is 165 Å². The molecular formula is C49H88O17P2. The molecule has 396 valence electrons. The number of aliphatic hydroxyl groups is 5. The van der Waals surface area contributed by atoms with E-state index in [0.29, 0.717) is 19.3 Å². The van der Waals surface area contributed by atoms with Gasteiger partial charge in [0.05, 0.1) is 12.7 Å². The molecule has 1 saturated carbocycles. The van der Waals surface area contributed by atoms with E-state index in [1.807, 2.05) is 25.2 Å². The maximum absolute atomic E-state index is 13.0. The highest BCUT2D eigenvalue weighted by atomic mass is 31.2. The molecule has 19 heteroatoms. The Balaban J connectivity index is 2.59. The minimum absolute atomic E-state index is 0.0279. The van der Waals surface area contributed by atoms with E-state index < -0.39 is 83.5 Å². The molecule has 0 bridgehead atoms. The highest BCUT2D eigenvalue weighted by Crippen LogP contribution is 2.49. The summed E-state index contributed by atoms with van der Waals surface area (Å²) in [5.41, 5.74) is 0. The van der Waals surface area contributed by atoms with Crippen LogP contribution in [0.1, 0.15) is 187 Å². The van der Waals surface area contributed by atoms with E-state index in [2.05, 4.69) is 41.8 Å². The van der Waals surface area contributed by atoms with Crippen molar-refractivity contribution in [2.75, 3.05) is 13.2 Å². The number of phosphoric acid groups is 2. The molecule has 0 radical (unpaired) electrons. The quantitative estimate of drug-likeness (QED) is 0.0123. The number of aliphatic hydroxyl groups excluding tert-OH is 5. The fraction of sp³-hybridized carbons (Fsp3) is 0.796. The Labute approximate surface area is 406 Å². The van der Waals surface area contributed by atoms with Gasteiger partial charge in [0.15, 0.2) is 6.10 Å². The summed E-state index contributed by atoms with van der Waals surface area (Å²) >= 11 is 0. The van der Waals surface area contributed by atoms with Gasteiger partial charge in [-0.3, -0.25) is 23.2 Å². The lowest BCUT2D eigenvalue weighted by Crippen LogP contribution is -2.64. The zero-order valence-corrected chi connectivity index (χ0v) is 42.7. The van der Waals surface area contributed by atoms with Gasteiger partial charge in [-0.2, -0.15) is 0 Å². The molecular weight excluding hydrogens is 922 g/mol. The smallest absolute Gasteiger partial charge is 0.462 e. The monoisotopic (exact) mass is 1010 g/mol. The Morgan fingerprint density at radius 2 is 0.971 bits per heavy atom. The van der Waals surface area contributed by atoms with Crippen LogP contribution in [0.25, 0.3) is 0 Å². The maximum atomic E-state index is 13.0. The van der Waals surface area contributed by atoms with Gasteiger partial charge < -0.3 is 49.7 Å². The van der Waals surface area contributed by atoms with Crippen LogP contribution in [0, 0.1) is 0 Å². The van der Waals surface area contributed by atoms with Crippen molar-refractivity contribution >= 4 is 27.6 Å². The van der Waals surface area contributed by atoms with Crippen molar-refractivity contribution in [3.63, 3.8) is 0 Å². The summed E-state index contributed by atoms with van der Waals surface area (Å²) in [4.78, 5) is 54.3. The fourth-order valence-corrected chi connectivity index (χ4v) is 9.01. The van der Waals surface area contributed by atoms with Crippen LogP contribution in [-0.2, 0) is 41.8 Å². The molecule has 17 nitrogen and oxygen atoms in total. The van der Waals surface area contributed by atoms with Crippen molar-refractivity contribution in [1.82, 2.24) is 0 Å². The van der Waals surface area contributed by atoms with Gasteiger partial charge in [-0.15, -0.1) is 0 Å². The first-order valence-corrected chi connectivity index (χ1v) is 28.3. The third-order valence-electron chi connectivity index (χ3n) is 11.6. The van der Waals surface area contributed by atoms with Crippen molar-refractivity contribution in [3.05, 3.63) is 48.6 Å². The van der Waals surface area contributed by atoms with Crippen LogP contribution in [-0.4, -0.2) is 114 Å². The average Bonchev–Trinajstić information content (AvgIpc) is 3.29. The topological polar surface area (TPSA) is 276 Å². The molecule has 8 N–H and O–H groups in total. The zero-order chi connectivity index (χ0) is 50.5. The molecule has 0 aromatic carbocycles. The maximum Gasteiger partial charge on any atom is 0.472 e. The number of unbranched alkanes of at least 4 members (excludes halogenated alkanes) is 17. The summed E-state index contributed by atoms with van der Waals surface area (Å²) in [7, 11) is -10.7. The number of rotatable bonds is 42. The molecule has 1 aliphatic carbocycles. The largest absolute Gasteiger partial charge is 0.472 e. The molecule has 0 spiro atoms. The van der Waals surface area contributed by atoms with E-state index in [0.717, 1.165) is 64.2 Å². The van der Waals surface area contributed by atoms with Crippen LogP contribution in [0.4, 0.5) is 0 Å². The second-order valence-corrected chi connectivity index (χ2v) is 20.3. The minimum atomic E-state index is -5.37. The predicted octanol–water partition coefficient (Wildman–Crippen LogP) is 9.04. The van der Waals surface area contributed by atoms with Gasteiger partial charge in [0.25, 0.3) is 0 Å². The fourth-order valence-electron chi connectivity index (χ4n) is 7.47. The molecule has 0 aromatic rings. The number of allylic oxidation sites excluding steroid dienone is 8. The lowest BCUT2D eigenvalue weighted by molar-refractivity contribution is -0.216. The normalized spacial score (nSPS) is 22.1. The van der Waals surface area contributed by atoms with E-state index in [1.165, 1.54) is 77.0 Å². The van der Waals surface area contributed by atoms with Crippen molar-refractivity contribution in [1.29, 1.82) is 0 Å². The standard InChI is InChI=1S/C49H88O17P2/c1-3-5-6-7-8-9-10-11-12-13-14-19-22-25-28-31-34-37-43(52)64-41(39-63-68(60,61)66-49-46(55)44(53)45(54)48(47(49)56)65-67(57,58)59)38-62-42(51)36-33-30-27-24-21-18-16-15-17-20-23-26-29-32-35-40(50)4-2/h16-18,20,24,26-27,29,40-41,44-50,53-56H,3-15,19,21-23,25,28,30-39H2,1-2H3,(H,60,61)(H2,57,58,59)/b18-16-,20-17-,27-24-,29-26-/t40-,41+,44?,45?,46?,47?,48+,49-/m0/s1. The lowest BCUT2D eigenvalue weighted by atomic mass is 9.85. The Morgan fingerprint density at radius 3 is 1.46 bits per heavy atom. The molecule has 9 atom stereocenters. The second-order valence-electron chi connectivity index (χ2n) is 17.7. The third-order valence-corrected chi connectivity index (χ3v) is 13.1. The number of carbonyl (C=O) groups excluding carboxylic acids is 2. The molecule has 0 heterocycles. The van der Waals surface area contributed by atoms with Gasteiger partial charge in [-0.25, -0.2) is 9.13 Å². The zero-order valence-electron chi connectivity index (χ0n) is 40.9. The predicted molar refractivity (Wildman–Crippen MR) is 261 cm³/mol. The lowest BCUT2D eigenvalue weighted by Gasteiger charge is -2.43. The van der Waals surface area contributed by atoms with Gasteiger partial charge in [-0.05, 0) is 57.8 Å². The van der Waals surface area contributed by atoms with E-state index in [1.54, 1.807) is 0 Å². The Bertz CT molecular complexity index is 1520. The van der Waals surface area contributed by atoms with Gasteiger partial charge in [0.1, 0.15) is 43.2 Å². The summed E-state index contributed by atoms with van der Waals surface area (Å²) < 4.78 is 49.4. The number of hydrogen-bond acceptors (Lipinski definition) is 14. The summed E-state index contributed by atoms with van der Waals surface area (Å²) in [5, 5.41) is 50.9. The van der Waals surface area contributed by atoms with Crippen LogP contribution in [0.2, 0.25) is 0 Å². The first-order chi connectivity index (χ1) is 32.5. The first-order valence-electron chi connectivity index (χ1n) is 25.3. The molecule has 0 aromatic heterocycles. The van der Waals surface area contributed by atoms with Gasteiger partial charge in [0, 0.05) is 12.8 Å². The molecule has 5 unspecified atom stereocenters. The molecule has 0 saturated heterocycles. The average molecular weight is 1010 g/mol. The molecule has 1 aliphatic rings.